The Morgan fingerprint density at radius 2 is 1.84 bits per heavy atom. The molecule has 1 aliphatic heterocycles. The fourth-order valence-electron chi connectivity index (χ4n) is 2.44. The molecule has 2 heterocycles. The summed E-state index contributed by atoms with van der Waals surface area (Å²) in [6.45, 7) is 3.25. The van der Waals surface area contributed by atoms with E-state index in [1.807, 2.05) is 0 Å². The second kappa shape index (κ2) is 5.83. The monoisotopic (exact) mass is 369 g/mol. The van der Waals surface area contributed by atoms with Crippen LogP contribution in [0.2, 0.25) is 0 Å². The number of imide groups is 1. The molecule has 5 nitrogen and oxygen atoms in total. The average molecular weight is 369 g/mol. The lowest BCUT2D eigenvalue weighted by Gasteiger charge is -2.14. The molecule has 0 saturated carbocycles. The highest BCUT2D eigenvalue weighted by molar-refractivity contribution is 7.13. The molecule has 0 unspecified atom stereocenters. The molecule has 0 aliphatic carbocycles. The first-order valence-electron chi connectivity index (χ1n) is 7.34. The van der Waals surface area contributed by atoms with Gasteiger partial charge in [-0.1, -0.05) is 12.1 Å². The summed E-state index contributed by atoms with van der Waals surface area (Å²) in [6.07, 6.45) is -4.39. The minimum absolute atomic E-state index is 0.0191. The van der Waals surface area contributed by atoms with Crippen LogP contribution in [-0.2, 0) is 17.5 Å². The number of rotatable bonds is 3. The van der Waals surface area contributed by atoms with E-state index in [-0.39, 0.29) is 12.5 Å². The van der Waals surface area contributed by atoms with Crippen molar-refractivity contribution in [1.29, 1.82) is 0 Å². The summed E-state index contributed by atoms with van der Waals surface area (Å²) < 4.78 is 37.8. The molecule has 3 rings (SSSR count). The lowest BCUT2D eigenvalue weighted by Crippen LogP contribution is -2.40. The highest BCUT2D eigenvalue weighted by atomic mass is 32.1. The van der Waals surface area contributed by atoms with Gasteiger partial charge in [0.05, 0.1) is 17.8 Å². The maximum absolute atomic E-state index is 12.6. The fraction of sp³-hybridized carbons (Fsp3) is 0.312. The van der Waals surface area contributed by atoms with E-state index in [2.05, 4.69) is 10.3 Å². The van der Waals surface area contributed by atoms with Crippen molar-refractivity contribution in [2.45, 2.75) is 32.1 Å². The average Bonchev–Trinajstić information content (AvgIpc) is 3.05. The third kappa shape index (κ3) is 3.37. The van der Waals surface area contributed by atoms with Crippen molar-refractivity contribution >= 4 is 23.3 Å². The molecule has 0 bridgehead atoms. The van der Waals surface area contributed by atoms with Crippen molar-refractivity contribution in [3.8, 4) is 10.6 Å². The number of nitrogens with zero attached hydrogens (tertiary/aromatic N) is 2. The Morgan fingerprint density at radius 1 is 1.20 bits per heavy atom. The van der Waals surface area contributed by atoms with Crippen LogP contribution in [0.15, 0.2) is 29.6 Å². The van der Waals surface area contributed by atoms with E-state index in [9.17, 15) is 22.8 Å². The highest BCUT2D eigenvalue weighted by Crippen LogP contribution is 2.32. The first-order valence-corrected chi connectivity index (χ1v) is 8.22. The first kappa shape index (κ1) is 17.4. The van der Waals surface area contributed by atoms with E-state index >= 15 is 0 Å². The SMILES string of the molecule is CC1(C)NC(=O)N(Cc2csc(-c3ccc(C(F)(F)F)cc3)n2)C1=O. The van der Waals surface area contributed by atoms with Crippen LogP contribution in [0.1, 0.15) is 25.1 Å². The minimum atomic E-state index is -4.39. The zero-order chi connectivity index (χ0) is 18.4. The molecule has 0 atom stereocenters. The van der Waals surface area contributed by atoms with Crippen LogP contribution in [0.4, 0.5) is 18.0 Å². The van der Waals surface area contributed by atoms with Gasteiger partial charge in [-0.3, -0.25) is 9.69 Å². The maximum Gasteiger partial charge on any atom is 0.416 e. The number of alkyl halides is 3. The van der Waals surface area contributed by atoms with Crippen LogP contribution in [0.25, 0.3) is 10.6 Å². The Balaban J connectivity index is 1.77. The number of nitrogens with one attached hydrogen (secondary N) is 1. The van der Waals surface area contributed by atoms with E-state index in [0.717, 1.165) is 17.0 Å². The summed E-state index contributed by atoms with van der Waals surface area (Å²) in [6, 6.07) is 4.20. The van der Waals surface area contributed by atoms with Gasteiger partial charge in [-0.15, -0.1) is 11.3 Å². The molecule has 25 heavy (non-hydrogen) atoms. The molecule has 9 heteroatoms. The first-order chi connectivity index (χ1) is 11.6. The number of benzene rings is 1. The van der Waals surface area contributed by atoms with Gasteiger partial charge in [-0.25, -0.2) is 9.78 Å². The predicted octanol–water partition coefficient (Wildman–Crippen LogP) is 3.66. The molecular weight excluding hydrogens is 355 g/mol. The number of amides is 3. The highest BCUT2D eigenvalue weighted by Gasteiger charge is 2.44. The van der Waals surface area contributed by atoms with Gasteiger partial charge in [0.15, 0.2) is 0 Å². The topological polar surface area (TPSA) is 62.3 Å². The Bertz CT molecular complexity index is 828. The largest absolute Gasteiger partial charge is 0.416 e. The molecule has 132 valence electrons. The zero-order valence-corrected chi connectivity index (χ0v) is 14.2. The van der Waals surface area contributed by atoms with Crippen LogP contribution in [-0.4, -0.2) is 27.4 Å². The molecule has 1 aliphatic rings. The Labute approximate surface area is 145 Å². The van der Waals surface area contributed by atoms with E-state index in [4.69, 9.17) is 0 Å². The summed E-state index contributed by atoms with van der Waals surface area (Å²) in [4.78, 5) is 29.4. The van der Waals surface area contributed by atoms with Gasteiger partial charge in [0.2, 0.25) is 0 Å². The second-order valence-electron chi connectivity index (χ2n) is 6.17. The van der Waals surface area contributed by atoms with Crippen LogP contribution < -0.4 is 5.32 Å². The van der Waals surface area contributed by atoms with Crippen molar-refractivity contribution in [3.63, 3.8) is 0 Å². The van der Waals surface area contributed by atoms with Gasteiger partial charge in [-0.05, 0) is 26.0 Å². The summed E-state index contributed by atoms with van der Waals surface area (Å²) in [7, 11) is 0. The number of carbonyl (C=O) groups is 2. The van der Waals surface area contributed by atoms with Crippen LogP contribution in [0.5, 0.6) is 0 Å². The number of carbonyl (C=O) groups excluding carboxylic acids is 2. The lowest BCUT2D eigenvalue weighted by molar-refractivity contribution is -0.137. The third-order valence-electron chi connectivity index (χ3n) is 3.78. The number of thiazole rings is 1. The summed E-state index contributed by atoms with van der Waals surface area (Å²) in [5.74, 6) is -0.346. The van der Waals surface area contributed by atoms with Crippen molar-refractivity contribution in [1.82, 2.24) is 15.2 Å². The van der Waals surface area contributed by atoms with E-state index < -0.39 is 23.3 Å². The van der Waals surface area contributed by atoms with Gasteiger partial charge in [0.1, 0.15) is 10.5 Å². The van der Waals surface area contributed by atoms with Gasteiger partial charge < -0.3 is 5.32 Å². The number of urea groups is 1. The summed E-state index contributed by atoms with van der Waals surface area (Å²) in [5, 5.41) is 4.78. The Kier molecular flexibility index (Phi) is 4.06. The molecule has 1 aromatic heterocycles. The summed E-state index contributed by atoms with van der Waals surface area (Å²) >= 11 is 1.24. The summed E-state index contributed by atoms with van der Waals surface area (Å²) in [5.41, 5.74) is -0.638. The van der Waals surface area contributed by atoms with E-state index in [0.29, 0.717) is 16.3 Å². The van der Waals surface area contributed by atoms with Crippen LogP contribution >= 0.6 is 11.3 Å². The van der Waals surface area contributed by atoms with Gasteiger partial charge in [-0.2, -0.15) is 13.2 Å². The Hall–Kier alpha value is -2.42. The molecule has 1 saturated heterocycles. The number of hydrogen-bond acceptors (Lipinski definition) is 4. The molecule has 1 N–H and O–H groups in total. The van der Waals surface area contributed by atoms with Gasteiger partial charge in [0, 0.05) is 10.9 Å². The number of aromatic nitrogens is 1. The second-order valence-corrected chi connectivity index (χ2v) is 7.02. The zero-order valence-electron chi connectivity index (χ0n) is 13.3. The molecular formula is C16H14F3N3O2S. The Morgan fingerprint density at radius 3 is 2.36 bits per heavy atom. The maximum atomic E-state index is 12.6. The fourth-order valence-corrected chi connectivity index (χ4v) is 3.25. The third-order valence-corrected chi connectivity index (χ3v) is 4.72. The van der Waals surface area contributed by atoms with Crippen molar-refractivity contribution < 1.29 is 22.8 Å². The normalized spacial score (nSPS) is 17.1. The van der Waals surface area contributed by atoms with Crippen LogP contribution in [0, 0.1) is 0 Å². The molecule has 1 fully saturated rings. The molecule has 1 aromatic carbocycles. The molecule has 2 aromatic rings. The smallest absolute Gasteiger partial charge is 0.324 e. The number of hydrogen-bond donors (Lipinski definition) is 1. The predicted molar refractivity (Wildman–Crippen MR) is 85.7 cm³/mol. The van der Waals surface area contributed by atoms with Crippen molar-refractivity contribution in [2.75, 3.05) is 0 Å². The molecule has 0 spiro atoms. The van der Waals surface area contributed by atoms with Crippen LogP contribution in [0.3, 0.4) is 0 Å². The van der Waals surface area contributed by atoms with Gasteiger partial charge >= 0.3 is 12.2 Å². The number of halogens is 3. The van der Waals surface area contributed by atoms with Gasteiger partial charge in [0.25, 0.3) is 5.91 Å². The van der Waals surface area contributed by atoms with E-state index in [1.165, 1.54) is 23.5 Å². The van der Waals surface area contributed by atoms with Crippen molar-refractivity contribution in [3.05, 3.63) is 40.9 Å². The molecule has 0 radical (unpaired) electrons. The minimum Gasteiger partial charge on any atom is -0.324 e. The van der Waals surface area contributed by atoms with E-state index in [1.54, 1.807) is 19.2 Å². The molecule has 3 amide bonds. The standard InChI is InChI=1S/C16H14F3N3O2S/c1-15(2)13(23)22(14(24)21-15)7-11-8-25-12(20-11)9-3-5-10(6-4-9)16(17,18)19/h3-6,8H,7H2,1-2H3,(H,21,24). The lowest BCUT2D eigenvalue weighted by atomic mass is 10.1. The quantitative estimate of drug-likeness (QED) is 0.840. The van der Waals surface area contributed by atoms with Crippen molar-refractivity contribution in [2.24, 2.45) is 0 Å².